The third-order valence-corrected chi connectivity index (χ3v) is 3.86. The normalized spacial score (nSPS) is 27.9. The molecule has 1 heterocycles. The first-order valence-electron chi connectivity index (χ1n) is 6.29. The Morgan fingerprint density at radius 3 is 2.36 bits per heavy atom. The molecular weight excluding hydrogens is 172 g/mol. The minimum absolute atomic E-state index is 0.477. The van der Waals surface area contributed by atoms with Gasteiger partial charge in [0, 0.05) is 12.1 Å². The second-order valence-corrected chi connectivity index (χ2v) is 5.11. The number of likely N-dealkylation sites (tertiary alicyclic amines) is 1. The van der Waals surface area contributed by atoms with Gasteiger partial charge in [0.05, 0.1) is 0 Å². The fraction of sp³-hybridized carbons (Fsp3) is 1.00. The molecule has 2 fully saturated rings. The van der Waals surface area contributed by atoms with Crippen LogP contribution in [0.2, 0.25) is 0 Å². The van der Waals surface area contributed by atoms with Crippen LogP contribution in [0.3, 0.4) is 0 Å². The highest BCUT2D eigenvalue weighted by Crippen LogP contribution is 2.35. The van der Waals surface area contributed by atoms with Crippen LogP contribution in [-0.2, 0) is 0 Å². The van der Waals surface area contributed by atoms with Crippen LogP contribution in [-0.4, -0.2) is 30.1 Å². The van der Waals surface area contributed by atoms with Crippen LogP contribution in [0.1, 0.15) is 45.4 Å². The summed E-state index contributed by atoms with van der Waals surface area (Å²) >= 11 is 0. The molecule has 0 amide bonds. The van der Waals surface area contributed by atoms with Gasteiger partial charge in [-0.1, -0.05) is 19.8 Å². The van der Waals surface area contributed by atoms with Crippen molar-refractivity contribution in [1.82, 2.24) is 4.90 Å². The van der Waals surface area contributed by atoms with E-state index < -0.39 is 0 Å². The summed E-state index contributed by atoms with van der Waals surface area (Å²) in [4.78, 5) is 2.68. The Morgan fingerprint density at radius 1 is 1.21 bits per heavy atom. The minimum Gasteiger partial charge on any atom is -0.328 e. The van der Waals surface area contributed by atoms with Gasteiger partial charge in [-0.2, -0.15) is 0 Å². The standard InChI is InChI=1S/C12H24N2/c1-2-12(9-10-3-4-10)14-7-5-11(13)6-8-14/h10-12H,2-9,13H2,1H3. The third-order valence-electron chi connectivity index (χ3n) is 3.86. The van der Waals surface area contributed by atoms with Crippen molar-refractivity contribution >= 4 is 0 Å². The molecule has 0 aromatic rings. The van der Waals surface area contributed by atoms with Crippen molar-refractivity contribution < 1.29 is 0 Å². The predicted octanol–water partition coefficient (Wildman–Crippen LogP) is 1.99. The van der Waals surface area contributed by atoms with E-state index in [4.69, 9.17) is 5.73 Å². The smallest absolute Gasteiger partial charge is 0.00952 e. The Hall–Kier alpha value is -0.0800. The molecule has 0 radical (unpaired) electrons. The van der Waals surface area contributed by atoms with Gasteiger partial charge < -0.3 is 10.6 Å². The van der Waals surface area contributed by atoms with Crippen LogP contribution in [0, 0.1) is 5.92 Å². The molecule has 2 N–H and O–H groups in total. The number of hydrogen-bond donors (Lipinski definition) is 1. The average molecular weight is 196 g/mol. The maximum absolute atomic E-state index is 5.93. The van der Waals surface area contributed by atoms with Gasteiger partial charge in [-0.25, -0.2) is 0 Å². The Morgan fingerprint density at radius 2 is 1.86 bits per heavy atom. The molecule has 0 aromatic heterocycles. The van der Waals surface area contributed by atoms with Gasteiger partial charge in [-0.3, -0.25) is 0 Å². The molecule has 1 atom stereocenters. The number of nitrogens with zero attached hydrogens (tertiary/aromatic N) is 1. The lowest BCUT2D eigenvalue weighted by Crippen LogP contribution is -2.45. The highest BCUT2D eigenvalue weighted by molar-refractivity contribution is 4.84. The van der Waals surface area contributed by atoms with Crippen molar-refractivity contribution in [1.29, 1.82) is 0 Å². The maximum Gasteiger partial charge on any atom is 0.00952 e. The first kappa shape index (κ1) is 10.4. The lowest BCUT2D eigenvalue weighted by Gasteiger charge is -2.36. The number of piperidine rings is 1. The summed E-state index contributed by atoms with van der Waals surface area (Å²) in [5.41, 5.74) is 5.93. The molecule has 1 saturated carbocycles. The SMILES string of the molecule is CCC(CC1CC1)N1CCC(N)CC1. The molecule has 2 aliphatic rings. The van der Waals surface area contributed by atoms with E-state index in [1.165, 1.54) is 51.6 Å². The van der Waals surface area contributed by atoms with Gasteiger partial charge in [-0.05, 0) is 44.7 Å². The molecule has 0 spiro atoms. The zero-order valence-electron chi connectivity index (χ0n) is 9.41. The van der Waals surface area contributed by atoms with Crippen molar-refractivity contribution in [2.24, 2.45) is 11.7 Å². The second-order valence-electron chi connectivity index (χ2n) is 5.11. The summed E-state index contributed by atoms with van der Waals surface area (Å²) in [6.07, 6.45) is 8.17. The van der Waals surface area contributed by atoms with Crippen molar-refractivity contribution in [2.45, 2.75) is 57.5 Å². The molecule has 0 aromatic carbocycles. The average Bonchev–Trinajstić information content (AvgIpc) is 3.00. The number of rotatable bonds is 4. The van der Waals surface area contributed by atoms with Crippen LogP contribution in [0.5, 0.6) is 0 Å². The molecule has 2 rings (SSSR count). The van der Waals surface area contributed by atoms with Gasteiger partial charge >= 0.3 is 0 Å². The summed E-state index contributed by atoms with van der Waals surface area (Å²) in [6, 6.07) is 1.33. The molecule has 2 nitrogen and oxygen atoms in total. The van der Waals surface area contributed by atoms with Gasteiger partial charge in [-0.15, -0.1) is 0 Å². The molecule has 0 bridgehead atoms. The van der Waals surface area contributed by atoms with Crippen LogP contribution in [0.25, 0.3) is 0 Å². The first-order valence-corrected chi connectivity index (χ1v) is 6.29. The van der Waals surface area contributed by atoms with Gasteiger partial charge in [0.2, 0.25) is 0 Å². The molecule has 82 valence electrons. The Balaban J connectivity index is 1.78. The molecule has 1 saturated heterocycles. The quantitative estimate of drug-likeness (QED) is 0.745. The highest BCUT2D eigenvalue weighted by atomic mass is 15.2. The van der Waals surface area contributed by atoms with Crippen molar-refractivity contribution in [3.8, 4) is 0 Å². The zero-order valence-corrected chi connectivity index (χ0v) is 9.41. The van der Waals surface area contributed by atoms with E-state index >= 15 is 0 Å². The van der Waals surface area contributed by atoms with Crippen molar-refractivity contribution in [2.75, 3.05) is 13.1 Å². The molecule has 2 heteroatoms. The predicted molar refractivity (Wildman–Crippen MR) is 60.2 cm³/mol. The highest BCUT2D eigenvalue weighted by Gasteiger charge is 2.29. The van der Waals surface area contributed by atoms with Crippen molar-refractivity contribution in [3.63, 3.8) is 0 Å². The Labute approximate surface area is 87.8 Å². The first-order chi connectivity index (χ1) is 6.79. The van der Waals surface area contributed by atoms with E-state index in [0.717, 1.165) is 12.0 Å². The molecule has 14 heavy (non-hydrogen) atoms. The van der Waals surface area contributed by atoms with E-state index in [2.05, 4.69) is 11.8 Å². The monoisotopic (exact) mass is 196 g/mol. The van der Waals surface area contributed by atoms with E-state index in [1.54, 1.807) is 0 Å². The third kappa shape index (κ3) is 2.71. The molecule has 1 aliphatic carbocycles. The van der Waals surface area contributed by atoms with Crippen LogP contribution < -0.4 is 5.73 Å². The summed E-state index contributed by atoms with van der Waals surface area (Å²) in [5, 5.41) is 0. The van der Waals surface area contributed by atoms with E-state index in [9.17, 15) is 0 Å². The fourth-order valence-corrected chi connectivity index (χ4v) is 2.60. The molecule has 1 aliphatic heterocycles. The molecular formula is C12H24N2. The summed E-state index contributed by atoms with van der Waals surface area (Å²) < 4.78 is 0. The lowest BCUT2D eigenvalue weighted by atomic mass is 10.00. The lowest BCUT2D eigenvalue weighted by molar-refractivity contribution is 0.137. The number of hydrogen-bond acceptors (Lipinski definition) is 2. The summed E-state index contributed by atoms with van der Waals surface area (Å²) in [7, 11) is 0. The summed E-state index contributed by atoms with van der Waals surface area (Å²) in [5.74, 6) is 1.07. The maximum atomic E-state index is 5.93. The largest absolute Gasteiger partial charge is 0.328 e. The Kier molecular flexibility index (Phi) is 3.45. The van der Waals surface area contributed by atoms with Crippen molar-refractivity contribution in [3.05, 3.63) is 0 Å². The Bertz CT molecular complexity index is 169. The molecule has 1 unspecified atom stereocenters. The van der Waals surface area contributed by atoms with E-state index in [0.29, 0.717) is 6.04 Å². The van der Waals surface area contributed by atoms with Gasteiger partial charge in [0.1, 0.15) is 0 Å². The van der Waals surface area contributed by atoms with E-state index in [1.807, 2.05) is 0 Å². The minimum atomic E-state index is 0.477. The fourth-order valence-electron chi connectivity index (χ4n) is 2.60. The van der Waals surface area contributed by atoms with Gasteiger partial charge in [0.25, 0.3) is 0 Å². The number of nitrogens with two attached hydrogens (primary N) is 1. The van der Waals surface area contributed by atoms with E-state index in [-0.39, 0.29) is 0 Å². The van der Waals surface area contributed by atoms with Crippen LogP contribution in [0.4, 0.5) is 0 Å². The van der Waals surface area contributed by atoms with Crippen LogP contribution >= 0.6 is 0 Å². The van der Waals surface area contributed by atoms with Crippen LogP contribution in [0.15, 0.2) is 0 Å². The summed E-state index contributed by atoms with van der Waals surface area (Å²) in [6.45, 7) is 4.82. The van der Waals surface area contributed by atoms with Gasteiger partial charge in [0.15, 0.2) is 0 Å². The topological polar surface area (TPSA) is 29.3 Å². The second kappa shape index (κ2) is 4.63. The zero-order chi connectivity index (χ0) is 9.97.